The van der Waals surface area contributed by atoms with Crippen LogP contribution in [0.1, 0.15) is 29.8 Å². The summed E-state index contributed by atoms with van der Waals surface area (Å²) in [5, 5.41) is 0.645. The Kier molecular flexibility index (Phi) is 8.92. The van der Waals surface area contributed by atoms with Gasteiger partial charge in [0.1, 0.15) is 13.1 Å². The monoisotopic (exact) mass is 419 g/mol. The molecular formula is C21H23BrClNO. The van der Waals surface area contributed by atoms with Gasteiger partial charge in [-0.1, -0.05) is 35.7 Å². The normalized spacial score (nSPS) is 10.4. The van der Waals surface area contributed by atoms with Crippen LogP contribution in [0.2, 0.25) is 5.02 Å². The molecule has 0 amide bonds. The van der Waals surface area contributed by atoms with Crippen molar-refractivity contribution in [1.82, 2.24) is 0 Å². The molecule has 132 valence electrons. The van der Waals surface area contributed by atoms with E-state index in [0.29, 0.717) is 28.2 Å². The van der Waals surface area contributed by atoms with Crippen LogP contribution >= 0.6 is 11.6 Å². The molecule has 0 aliphatic carbocycles. The third-order valence-corrected chi connectivity index (χ3v) is 4.66. The summed E-state index contributed by atoms with van der Waals surface area (Å²) in [5.74, 6) is 6.59. The van der Waals surface area contributed by atoms with E-state index in [2.05, 4.69) is 25.7 Å². The van der Waals surface area contributed by atoms with Crippen molar-refractivity contribution in [2.45, 2.75) is 13.8 Å². The van der Waals surface area contributed by atoms with Gasteiger partial charge in [0, 0.05) is 16.1 Å². The van der Waals surface area contributed by atoms with Gasteiger partial charge in [0.2, 0.25) is 5.78 Å². The standard InChI is InChI=1S/C21H23ClNO.BrH/c1-3-23(4-2,16-8-11-18-9-6-5-7-10-18)17-21(24)19-12-14-20(22)15-13-19;/h5-7,9-10,12-15H,3-4,16-17H2,1-2H3;1H/q+1;/p-1. The first kappa shape index (κ1) is 21.4. The van der Waals surface area contributed by atoms with Crippen molar-refractivity contribution in [3.05, 3.63) is 70.7 Å². The zero-order chi connectivity index (χ0) is 17.4. The molecule has 0 aliphatic rings. The fraction of sp³-hybridized carbons (Fsp3) is 0.286. The van der Waals surface area contributed by atoms with Crippen LogP contribution < -0.4 is 17.0 Å². The van der Waals surface area contributed by atoms with Crippen LogP contribution in [0.15, 0.2) is 54.6 Å². The largest absolute Gasteiger partial charge is 1.00 e. The molecule has 2 aromatic rings. The minimum absolute atomic E-state index is 0. The summed E-state index contributed by atoms with van der Waals surface area (Å²) < 4.78 is 0.668. The first-order chi connectivity index (χ1) is 11.6. The average molecular weight is 421 g/mol. The van der Waals surface area contributed by atoms with Gasteiger partial charge in [-0.2, -0.15) is 0 Å². The van der Waals surface area contributed by atoms with Crippen LogP contribution in [0.4, 0.5) is 0 Å². The van der Waals surface area contributed by atoms with E-state index in [9.17, 15) is 4.79 Å². The number of halogens is 2. The molecule has 0 saturated heterocycles. The van der Waals surface area contributed by atoms with Crippen LogP contribution in [0.5, 0.6) is 0 Å². The van der Waals surface area contributed by atoms with Crippen molar-refractivity contribution < 1.29 is 26.3 Å². The number of benzene rings is 2. The Balaban J connectivity index is 0.00000312. The second-order valence-electron chi connectivity index (χ2n) is 5.89. The van der Waals surface area contributed by atoms with Gasteiger partial charge < -0.3 is 21.5 Å². The van der Waals surface area contributed by atoms with E-state index in [0.717, 1.165) is 18.7 Å². The van der Waals surface area contributed by atoms with Gasteiger partial charge in [-0.25, -0.2) is 0 Å². The Morgan fingerprint density at radius 1 is 1.00 bits per heavy atom. The Labute approximate surface area is 166 Å². The highest BCUT2D eigenvalue weighted by molar-refractivity contribution is 6.30. The maximum atomic E-state index is 12.6. The van der Waals surface area contributed by atoms with E-state index in [4.69, 9.17) is 11.6 Å². The van der Waals surface area contributed by atoms with E-state index >= 15 is 0 Å². The van der Waals surface area contributed by atoms with E-state index in [1.165, 1.54) is 0 Å². The van der Waals surface area contributed by atoms with Gasteiger partial charge in [0.05, 0.1) is 13.1 Å². The average Bonchev–Trinajstić information content (AvgIpc) is 2.62. The predicted molar refractivity (Wildman–Crippen MR) is 100 cm³/mol. The summed E-state index contributed by atoms with van der Waals surface area (Å²) in [7, 11) is 0. The highest BCUT2D eigenvalue weighted by Gasteiger charge is 2.26. The molecule has 0 atom stereocenters. The number of hydrogen-bond acceptors (Lipinski definition) is 1. The summed E-state index contributed by atoms with van der Waals surface area (Å²) >= 11 is 5.90. The lowest BCUT2D eigenvalue weighted by Gasteiger charge is -2.34. The molecular weight excluding hydrogens is 398 g/mol. The number of ketones is 1. The molecule has 0 radical (unpaired) electrons. The number of quaternary nitrogens is 1. The topological polar surface area (TPSA) is 17.1 Å². The number of Topliss-reactive ketones (excluding diaryl/α,β-unsaturated/α-hetero) is 1. The second kappa shape index (κ2) is 10.4. The minimum atomic E-state index is 0. The lowest BCUT2D eigenvalue weighted by molar-refractivity contribution is -0.910. The van der Waals surface area contributed by atoms with Crippen LogP contribution in [-0.4, -0.2) is 36.4 Å². The van der Waals surface area contributed by atoms with Gasteiger partial charge in [-0.05, 0) is 56.2 Å². The van der Waals surface area contributed by atoms with E-state index in [1.54, 1.807) is 24.3 Å². The summed E-state index contributed by atoms with van der Waals surface area (Å²) in [6.07, 6.45) is 0. The highest BCUT2D eigenvalue weighted by atomic mass is 79.9. The lowest BCUT2D eigenvalue weighted by Crippen LogP contribution is -3.00. The third kappa shape index (κ3) is 6.32. The fourth-order valence-corrected chi connectivity index (χ4v) is 2.72. The molecule has 0 fully saturated rings. The number of carbonyl (C=O) groups is 1. The zero-order valence-corrected chi connectivity index (χ0v) is 17.0. The van der Waals surface area contributed by atoms with Crippen LogP contribution in [0.3, 0.4) is 0 Å². The molecule has 2 nitrogen and oxygen atoms in total. The fourth-order valence-electron chi connectivity index (χ4n) is 2.59. The Bertz CT molecular complexity index is 728. The second-order valence-corrected chi connectivity index (χ2v) is 6.32. The lowest BCUT2D eigenvalue weighted by atomic mass is 10.1. The predicted octanol–water partition coefficient (Wildman–Crippen LogP) is 1.43. The van der Waals surface area contributed by atoms with Gasteiger partial charge in [-0.15, -0.1) is 0 Å². The molecule has 0 aliphatic heterocycles. The van der Waals surface area contributed by atoms with Crippen molar-refractivity contribution in [3.8, 4) is 11.8 Å². The van der Waals surface area contributed by atoms with Crippen LogP contribution in [-0.2, 0) is 0 Å². The molecule has 0 N–H and O–H groups in total. The Morgan fingerprint density at radius 2 is 1.60 bits per heavy atom. The molecule has 0 bridgehead atoms. The molecule has 0 spiro atoms. The van der Waals surface area contributed by atoms with Crippen molar-refractivity contribution in [2.24, 2.45) is 0 Å². The Morgan fingerprint density at radius 3 is 2.16 bits per heavy atom. The van der Waals surface area contributed by atoms with Crippen molar-refractivity contribution in [1.29, 1.82) is 0 Å². The first-order valence-electron chi connectivity index (χ1n) is 8.26. The highest BCUT2D eigenvalue weighted by Crippen LogP contribution is 2.13. The number of likely N-dealkylation sites (N-methyl/N-ethyl adjacent to an activating group) is 1. The molecule has 0 heterocycles. The molecule has 0 saturated carbocycles. The van der Waals surface area contributed by atoms with Crippen molar-refractivity contribution >= 4 is 17.4 Å². The minimum Gasteiger partial charge on any atom is -1.00 e. The van der Waals surface area contributed by atoms with E-state index in [1.807, 2.05) is 30.3 Å². The summed E-state index contributed by atoms with van der Waals surface area (Å²) in [4.78, 5) is 12.6. The van der Waals surface area contributed by atoms with Crippen LogP contribution in [0.25, 0.3) is 0 Å². The molecule has 25 heavy (non-hydrogen) atoms. The van der Waals surface area contributed by atoms with Crippen molar-refractivity contribution in [3.63, 3.8) is 0 Å². The number of carbonyl (C=O) groups excluding carboxylic acids is 1. The SMILES string of the molecule is CC[N+](CC)(CC#Cc1ccccc1)CC(=O)c1ccc(Cl)cc1.[Br-]. The number of nitrogens with zero attached hydrogens (tertiary/aromatic N) is 1. The quantitative estimate of drug-likeness (QED) is 0.393. The summed E-state index contributed by atoms with van der Waals surface area (Å²) in [6.45, 7) is 7.10. The van der Waals surface area contributed by atoms with E-state index in [-0.39, 0.29) is 22.8 Å². The smallest absolute Gasteiger partial charge is 0.216 e. The van der Waals surface area contributed by atoms with E-state index < -0.39 is 0 Å². The summed E-state index contributed by atoms with van der Waals surface area (Å²) in [6, 6.07) is 17.0. The van der Waals surface area contributed by atoms with Gasteiger partial charge in [0.25, 0.3) is 0 Å². The molecule has 2 aromatic carbocycles. The number of hydrogen-bond donors (Lipinski definition) is 0. The first-order valence-corrected chi connectivity index (χ1v) is 8.64. The number of rotatable bonds is 6. The maximum Gasteiger partial charge on any atom is 0.216 e. The van der Waals surface area contributed by atoms with Gasteiger partial charge >= 0.3 is 0 Å². The molecule has 0 aromatic heterocycles. The van der Waals surface area contributed by atoms with Gasteiger partial charge in [-0.3, -0.25) is 4.79 Å². The Hall–Kier alpha value is -1.60. The maximum absolute atomic E-state index is 12.6. The molecule has 4 heteroatoms. The van der Waals surface area contributed by atoms with Crippen LogP contribution in [0, 0.1) is 11.8 Å². The molecule has 0 unspecified atom stereocenters. The third-order valence-electron chi connectivity index (χ3n) is 4.41. The molecule has 2 rings (SSSR count). The zero-order valence-electron chi connectivity index (χ0n) is 14.6. The van der Waals surface area contributed by atoms with Crippen molar-refractivity contribution in [2.75, 3.05) is 26.2 Å². The van der Waals surface area contributed by atoms with Gasteiger partial charge in [0.15, 0.2) is 0 Å². The summed E-state index contributed by atoms with van der Waals surface area (Å²) in [5.41, 5.74) is 1.71.